The third-order valence-electron chi connectivity index (χ3n) is 5.53. The van der Waals surface area contributed by atoms with Gasteiger partial charge in [-0.05, 0) is 47.8 Å². The third-order valence-corrected chi connectivity index (χ3v) is 5.53. The minimum Gasteiger partial charge on any atom is -0.412 e. The van der Waals surface area contributed by atoms with E-state index in [0.717, 1.165) is 17.9 Å². The Bertz CT molecular complexity index is 851. The summed E-state index contributed by atoms with van der Waals surface area (Å²) in [5, 5.41) is 11.8. The maximum atomic E-state index is 12.1. The smallest absolute Gasteiger partial charge is 0.328 e. The van der Waals surface area contributed by atoms with Gasteiger partial charge >= 0.3 is 11.8 Å². The lowest BCUT2D eigenvalue weighted by atomic mass is 9.49. The van der Waals surface area contributed by atoms with Crippen LogP contribution >= 0.6 is 0 Å². The second kappa shape index (κ2) is 5.95. The topological polar surface area (TPSA) is 80.4 Å². The SMILES string of the molecule is CC1(C)C2CC=C(C=NNC(=O)c3nnc(-c4ccccc4)o3)C1C2. The van der Waals surface area contributed by atoms with Crippen LogP contribution in [0.5, 0.6) is 0 Å². The molecule has 1 N–H and O–H groups in total. The normalized spacial score (nSPS) is 23.8. The standard InChI is InChI=1S/C19H20N4O2/c1-19(2)14-9-8-13(15(19)10-14)11-20-21-16(24)18-23-22-17(25-18)12-6-4-3-5-7-12/h3-8,11,14-15H,9-10H2,1-2H3,(H,21,24). The Hall–Kier alpha value is -2.76. The van der Waals surface area contributed by atoms with Crippen molar-refractivity contribution in [3.8, 4) is 11.5 Å². The highest BCUT2D eigenvalue weighted by atomic mass is 16.4. The highest BCUT2D eigenvalue weighted by molar-refractivity contribution is 5.91. The zero-order valence-electron chi connectivity index (χ0n) is 14.3. The molecule has 1 aromatic heterocycles. The van der Waals surface area contributed by atoms with Gasteiger partial charge in [0.25, 0.3) is 0 Å². The molecular formula is C19H20N4O2. The maximum Gasteiger partial charge on any atom is 0.328 e. The van der Waals surface area contributed by atoms with Crippen molar-refractivity contribution in [1.82, 2.24) is 15.6 Å². The Labute approximate surface area is 146 Å². The van der Waals surface area contributed by atoms with E-state index in [1.54, 1.807) is 6.21 Å². The van der Waals surface area contributed by atoms with E-state index in [1.807, 2.05) is 30.3 Å². The van der Waals surface area contributed by atoms with Gasteiger partial charge in [-0.2, -0.15) is 5.10 Å². The van der Waals surface area contributed by atoms with Crippen LogP contribution in [0.3, 0.4) is 0 Å². The van der Waals surface area contributed by atoms with Gasteiger partial charge in [0.15, 0.2) is 0 Å². The van der Waals surface area contributed by atoms with E-state index in [0.29, 0.717) is 17.2 Å². The number of nitrogens with zero attached hydrogens (tertiary/aromatic N) is 3. The van der Waals surface area contributed by atoms with Gasteiger partial charge in [-0.15, -0.1) is 10.2 Å². The fourth-order valence-corrected chi connectivity index (χ4v) is 3.77. The molecule has 2 atom stereocenters. The van der Waals surface area contributed by atoms with E-state index < -0.39 is 5.91 Å². The lowest BCUT2D eigenvalue weighted by Gasteiger charge is -2.55. The molecule has 128 valence electrons. The van der Waals surface area contributed by atoms with Crippen molar-refractivity contribution in [3.63, 3.8) is 0 Å². The van der Waals surface area contributed by atoms with Crippen molar-refractivity contribution >= 4 is 12.1 Å². The monoisotopic (exact) mass is 336 g/mol. The summed E-state index contributed by atoms with van der Waals surface area (Å²) in [5.41, 5.74) is 4.77. The van der Waals surface area contributed by atoms with Crippen molar-refractivity contribution in [2.24, 2.45) is 22.4 Å². The zero-order valence-corrected chi connectivity index (χ0v) is 14.3. The summed E-state index contributed by atoms with van der Waals surface area (Å²) in [5.74, 6) is 1.01. The molecule has 1 saturated carbocycles. The number of hydrogen-bond donors (Lipinski definition) is 1. The minimum atomic E-state index is -0.506. The van der Waals surface area contributed by atoms with Gasteiger partial charge in [0.2, 0.25) is 5.89 Å². The van der Waals surface area contributed by atoms with Crippen molar-refractivity contribution in [1.29, 1.82) is 0 Å². The van der Waals surface area contributed by atoms with Gasteiger partial charge in [-0.25, -0.2) is 5.43 Å². The molecule has 2 unspecified atom stereocenters. The van der Waals surface area contributed by atoms with Crippen molar-refractivity contribution < 1.29 is 9.21 Å². The largest absolute Gasteiger partial charge is 0.412 e. The summed E-state index contributed by atoms with van der Waals surface area (Å²) in [7, 11) is 0. The van der Waals surface area contributed by atoms with Crippen LogP contribution < -0.4 is 5.43 Å². The van der Waals surface area contributed by atoms with E-state index in [2.05, 4.69) is 40.6 Å². The first kappa shape index (κ1) is 15.7. The Morgan fingerprint density at radius 3 is 2.84 bits per heavy atom. The van der Waals surface area contributed by atoms with Gasteiger partial charge < -0.3 is 4.42 Å². The number of carbonyl (C=O) groups excluding carboxylic acids is 1. The van der Waals surface area contributed by atoms with Crippen LogP contribution in [0.25, 0.3) is 11.5 Å². The van der Waals surface area contributed by atoms with E-state index in [-0.39, 0.29) is 5.89 Å². The number of hydrogen-bond acceptors (Lipinski definition) is 5. The van der Waals surface area contributed by atoms with Gasteiger partial charge in [0.1, 0.15) is 0 Å². The number of nitrogens with one attached hydrogen (secondary N) is 1. The molecule has 1 fully saturated rings. The molecule has 25 heavy (non-hydrogen) atoms. The van der Waals surface area contributed by atoms with Crippen LogP contribution in [0, 0.1) is 17.3 Å². The fourth-order valence-electron chi connectivity index (χ4n) is 3.77. The zero-order chi connectivity index (χ0) is 17.4. The summed E-state index contributed by atoms with van der Waals surface area (Å²) >= 11 is 0. The molecule has 1 heterocycles. The molecule has 3 aliphatic rings. The van der Waals surface area contributed by atoms with Gasteiger partial charge in [-0.1, -0.05) is 38.1 Å². The third kappa shape index (κ3) is 2.77. The van der Waals surface area contributed by atoms with Crippen LogP contribution in [0.4, 0.5) is 0 Å². The highest BCUT2D eigenvalue weighted by Crippen LogP contribution is 2.58. The number of hydrazone groups is 1. The average Bonchev–Trinajstić information content (AvgIpc) is 3.12. The number of allylic oxidation sites excluding steroid dienone is 2. The van der Waals surface area contributed by atoms with Crippen LogP contribution in [0.2, 0.25) is 0 Å². The first-order chi connectivity index (χ1) is 12.1. The number of carbonyl (C=O) groups is 1. The summed E-state index contributed by atoms with van der Waals surface area (Å²) in [6, 6.07) is 9.32. The molecule has 2 aromatic rings. The molecule has 1 aromatic carbocycles. The van der Waals surface area contributed by atoms with Gasteiger partial charge in [0.05, 0.1) is 6.21 Å². The minimum absolute atomic E-state index is 0.0994. The molecule has 0 aliphatic heterocycles. The quantitative estimate of drug-likeness (QED) is 0.685. The number of fused-ring (bicyclic) bond motifs is 1. The number of benzene rings is 1. The van der Waals surface area contributed by atoms with Crippen molar-refractivity contribution in [2.45, 2.75) is 26.7 Å². The molecule has 2 bridgehead atoms. The van der Waals surface area contributed by atoms with Gasteiger partial charge in [0, 0.05) is 5.56 Å². The summed E-state index contributed by atoms with van der Waals surface area (Å²) < 4.78 is 5.41. The number of amides is 1. The summed E-state index contributed by atoms with van der Waals surface area (Å²) in [6.07, 6.45) is 6.26. The molecule has 0 spiro atoms. The van der Waals surface area contributed by atoms with Crippen LogP contribution in [0.1, 0.15) is 37.4 Å². The molecule has 0 saturated heterocycles. The molecule has 0 radical (unpaired) electrons. The second-order valence-electron chi connectivity index (χ2n) is 7.22. The van der Waals surface area contributed by atoms with Crippen LogP contribution in [-0.4, -0.2) is 22.3 Å². The first-order valence-electron chi connectivity index (χ1n) is 8.48. The fraction of sp³-hybridized carbons (Fsp3) is 0.368. The Kier molecular flexibility index (Phi) is 3.75. The van der Waals surface area contributed by atoms with E-state index in [4.69, 9.17) is 4.42 Å². The van der Waals surface area contributed by atoms with Crippen molar-refractivity contribution in [3.05, 3.63) is 47.9 Å². The van der Waals surface area contributed by atoms with Crippen molar-refractivity contribution in [2.75, 3.05) is 0 Å². The predicted molar refractivity (Wildman–Crippen MR) is 93.8 cm³/mol. The Morgan fingerprint density at radius 2 is 2.12 bits per heavy atom. The number of aromatic nitrogens is 2. The summed E-state index contributed by atoms with van der Waals surface area (Å²) in [6.45, 7) is 4.60. The molecule has 6 heteroatoms. The van der Waals surface area contributed by atoms with E-state index >= 15 is 0 Å². The van der Waals surface area contributed by atoms with Gasteiger partial charge in [-0.3, -0.25) is 4.79 Å². The second-order valence-corrected chi connectivity index (χ2v) is 7.22. The molecule has 6 nitrogen and oxygen atoms in total. The lowest BCUT2D eigenvalue weighted by Crippen LogP contribution is -2.48. The summed E-state index contributed by atoms with van der Waals surface area (Å²) in [4.78, 5) is 12.1. The predicted octanol–water partition coefficient (Wildman–Crippen LogP) is 3.44. The Balaban J connectivity index is 1.40. The number of rotatable bonds is 4. The average molecular weight is 336 g/mol. The molecular weight excluding hydrogens is 316 g/mol. The molecule has 1 amide bonds. The lowest BCUT2D eigenvalue weighted by molar-refractivity contribution is -0.00126. The van der Waals surface area contributed by atoms with Crippen LogP contribution in [0.15, 0.2) is 51.5 Å². The molecule has 3 aliphatic carbocycles. The van der Waals surface area contributed by atoms with E-state index in [1.165, 1.54) is 12.0 Å². The maximum absolute atomic E-state index is 12.1. The first-order valence-corrected chi connectivity index (χ1v) is 8.48. The Morgan fingerprint density at radius 1 is 1.32 bits per heavy atom. The van der Waals surface area contributed by atoms with E-state index in [9.17, 15) is 4.79 Å². The van der Waals surface area contributed by atoms with Crippen LogP contribution in [-0.2, 0) is 0 Å². The molecule has 5 rings (SSSR count). The highest BCUT2D eigenvalue weighted by Gasteiger charge is 2.50.